The lowest BCUT2D eigenvalue weighted by Crippen LogP contribution is -2.15. The van der Waals surface area contributed by atoms with Crippen LogP contribution < -0.4 is 4.72 Å². The van der Waals surface area contributed by atoms with Gasteiger partial charge in [0.1, 0.15) is 0 Å². The van der Waals surface area contributed by atoms with E-state index in [1.165, 1.54) is 12.1 Å². The fourth-order valence-corrected chi connectivity index (χ4v) is 3.58. The Balaban J connectivity index is 2.45. The normalized spacial score (nSPS) is 11.2. The molecule has 8 heteroatoms. The first-order valence-corrected chi connectivity index (χ1v) is 8.67. The first-order valence-electron chi connectivity index (χ1n) is 6.39. The van der Waals surface area contributed by atoms with Crippen molar-refractivity contribution in [2.75, 3.05) is 4.72 Å². The molecule has 0 amide bonds. The van der Waals surface area contributed by atoms with Gasteiger partial charge in [0, 0.05) is 22.3 Å². The summed E-state index contributed by atoms with van der Waals surface area (Å²) in [5.41, 5.74) is 0.653. The van der Waals surface area contributed by atoms with E-state index < -0.39 is 14.9 Å². The molecule has 0 radical (unpaired) electrons. The van der Waals surface area contributed by atoms with E-state index in [0.29, 0.717) is 17.7 Å². The summed E-state index contributed by atoms with van der Waals surface area (Å²) in [5, 5.41) is 10.9. The molecule has 0 unspecified atom stereocenters. The van der Waals surface area contributed by atoms with Crippen molar-refractivity contribution in [3.8, 4) is 0 Å². The Hall–Kier alpha value is -1.93. The molecule has 1 N–H and O–H groups in total. The molecular formula is C14H13BrN2O4S. The van der Waals surface area contributed by atoms with Crippen molar-refractivity contribution in [1.82, 2.24) is 0 Å². The standard InChI is InChI=1S/C14H13BrN2O4S/c1-2-10-3-8-13(17(18)19)9-14(10)22(20,21)16-12-6-4-11(15)5-7-12/h3-9,16H,2H2,1H3. The summed E-state index contributed by atoms with van der Waals surface area (Å²) in [7, 11) is -3.89. The third-order valence-electron chi connectivity index (χ3n) is 3.03. The molecule has 0 aliphatic carbocycles. The summed E-state index contributed by atoms with van der Waals surface area (Å²) >= 11 is 3.27. The van der Waals surface area contributed by atoms with E-state index in [-0.39, 0.29) is 10.6 Å². The number of anilines is 1. The Morgan fingerprint density at radius 2 is 1.82 bits per heavy atom. The van der Waals surface area contributed by atoms with Gasteiger partial charge in [-0.2, -0.15) is 0 Å². The van der Waals surface area contributed by atoms with Crippen molar-refractivity contribution in [3.63, 3.8) is 0 Å². The summed E-state index contributed by atoms with van der Waals surface area (Å²) in [4.78, 5) is 10.2. The van der Waals surface area contributed by atoms with Gasteiger partial charge in [-0.1, -0.05) is 28.9 Å². The van der Waals surface area contributed by atoms with E-state index in [0.717, 1.165) is 10.5 Å². The van der Waals surface area contributed by atoms with Crippen molar-refractivity contribution < 1.29 is 13.3 Å². The van der Waals surface area contributed by atoms with Gasteiger partial charge in [-0.25, -0.2) is 8.42 Å². The lowest BCUT2D eigenvalue weighted by Gasteiger charge is -2.11. The second-order valence-corrected chi connectivity index (χ2v) is 7.08. The Kier molecular flexibility index (Phi) is 4.82. The van der Waals surface area contributed by atoms with Crippen LogP contribution in [0.2, 0.25) is 0 Å². The number of rotatable bonds is 5. The molecule has 0 aliphatic rings. The van der Waals surface area contributed by atoms with Gasteiger partial charge in [-0.15, -0.1) is 0 Å². The average molecular weight is 385 g/mol. The first kappa shape index (κ1) is 16.4. The van der Waals surface area contributed by atoms with Crippen molar-refractivity contribution in [3.05, 3.63) is 62.6 Å². The smallest absolute Gasteiger partial charge is 0.270 e. The summed E-state index contributed by atoms with van der Waals surface area (Å²) in [6.07, 6.45) is 0.453. The molecule has 2 aromatic carbocycles. The zero-order valence-corrected chi connectivity index (χ0v) is 14.0. The third kappa shape index (κ3) is 3.63. The molecule has 0 aliphatic heterocycles. The fourth-order valence-electron chi connectivity index (χ4n) is 1.93. The molecule has 0 atom stereocenters. The van der Waals surface area contributed by atoms with Crippen molar-refractivity contribution in [1.29, 1.82) is 0 Å². The van der Waals surface area contributed by atoms with Gasteiger partial charge >= 0.3 is 0 Å². The molecule has 0 bridgehead atoms. The van der Waals surface area contributed by atoms with Crippen LogP contribution in [0.1, 0.15) is 12.5 Å². The summed E-state index contributed by atoms with van der Waals surface area (Å²) in [6, 6.07) is 10.5. The highest BCUT2D eigenvalue weighted by Gasteiger charge is 2.21. The van der Waals surface area contributed by atoms with Crippen LogP contribution in [-0.4, -0.2) is 13.3 Å². The minimum atomic E-state index is -3.89. The Bertz CT molecular complexity index is 804. The van der Waals surface area contributed by atoms with Crippen LogP contribution in [0.25, 0.3) is 0 Å². The largest absolute Gasteiger partial charge is 0.280 e. The van der Waals surface area contributed by atoms with E-state index in [1.54, 1.807) is 31.2 Å². The van der Waals surface area contributed by atoms with Crippen molar-refractivity contribution in [2.24, 2.45) is 0 Å². The zero-order chi connectivity index (χ0) is 16.3. The molecule has 2 aromatic rings. The number of non-ortho nitro benzene ring substituents is 1. The van der Waals surface area contributed by atoms with Crippen LogP contribution in [0, 0.1) is 10.1 Å². The second-order valence-electron chi connectivity index (χ2n) is 4.52. The fraction of sp³-hybridized carbons (Fsp3) is 0.143. The number of benzene rings is 2. The van der Waals surface area contributed by atoms with E-state index in [9.17, 15) is 18.5 Å². The second kappa shape index (κ2) is 6.45. The number of nitrogens with zero attached hydrogens (tertiary/aromatic N) is 1. The maximum atomic E-state index is 12.5. The average Bonchev–Trinajstić information content (AvgIpc) is 2.48. The molecule has 0 fully saturated rings. The maximum Gasteiger partial charge on any atom is 0.270 e. The van der Waals surface area contributed by atoms with Crippen LogP contribution >= 0.6 is 15.9 Å². The van der Waals surface area contributed by atoms with E-state index >= 15 is 0 Å². The summed E-state index contributed by atoms with van der Waals surface area (Å²) in [5.74, 6) is 0. The number of sulfonamides is 1. The van der Waals surface area contributed by atoms with Gasteiger partial charge in [0.05, 0.1) is 9.82 Å². The molecule has 2 rings (SSSR count). The number of hydrogen-bond acceptors (Lipinski definition) is 4. The van der Waals surface area contributed by atoms with Gasteiger partial charge in [0.25, 0.3) is 15.7 Å². The minimum absolute atomic E-state index is 0.0767. The Morgan fingerprint density at radius 3 is 2.36 bits per heavy atom. The molecule has 6 nitrogen and oxygen atoms in total. The number of nitro groups is 1. The molecule has 0 aromatic heterocycles. The number of aryl methyl sites for hydroxylation is 1. The first-order chi connectivity index (χ1) is 10.3. The predicted molar refractivity (Wildman–Crippen MR) is 87.4 cm³/mol. The lowest BCUT2D eigenvalue weighted by atomic mass is 10.1. The number of hydrogen-bond donors (Lipinski definition) is 1. The number of nitrogens with one attached hydrogen (secondary N) is 1. The van der Waals surface area contributed by atoms with Crippen LogP contribution in [0.5, 0.6) is 0 Å². The molecule has 0 saturated carbocycles. The summed E-state index contributed by atoms with van der Waals surface area (Å²) in [6.45, 7) is 1.79. The monoisotopic (exact) mass is 384 g/mol. The highest BCUT2D eigenvalue weighted by Crippen LogP contribution is 2.25. The van der Waals surface area contributed by atoms with Crippen LogP contribution in [0.15, 0.2) is 51.8 Å². The van der Waals surface area contributed by atoms with Crippen LogP contribution in [0.4, 0.5) is 11.4 Å². The van der Waals surface area contributed by atoms with E-state index in [2.05, 4.69) is 20.7 Å². The molecule has 116 valence electrons. The maximum absolute atomic E-state index is 12.5. The molecule has 0 saturated heterocycles. The highest BCUT2D eigenvalue weighted by atomic mass is 79.9. The van der Waals surface area contributed by atoms with Gasteiger partial charge in [-0.05, 0) is 36.2 Å². The van der Waals surface area contributed by atoms with Crippen molar-refractivity contribution >= 4 is 37.3 Å². The predicted octanol–water partition coefficient (Wildman–Crippen LogP) is 3.72. The topological polar surface area (TPSA) is 89.3 Å². The Morgan fingerprint density at radius 1 is 1.18 bits per heavy atom. The lowest BCUT2D eigenvalue weighted by molar-refractivity contribution is -0.385. The summed E-state index contributed by atoms with van der Waals surface area (Å²) < 4.78 is 28.2. The van der Waals surface area contributed by atoms with Crippen LogP contribution in [0.3, 0.4) is 0 Å². The van der Waals surface area contributed by atoms with E-state index in [1.807, 2.05) is 0 Å². The van der Waals surface area contributed by atoms with Crippen molar-refractivity contribution in [2.45, 2.75) is 18.2 Å². The van der Waals surface area contributed by atoms with Gasteiger partial charge in [-0.3, -0.25) is 14.8 Å². The number of nitro benzene ring substituents is 1. The highest BCUT2D eigenvalue weighted by molar-refractivity contribution is 9.10. The molecular weight excluding hydrogens is 372 g/mol. The molecule has 0 heterocycles. The SMILES string of the molecule is CCc1ccc([N+](=O)[O-])cc1S(=O)(=O)Nc1ccc(Br)cc1. The molecule has 22 heavy (non-hydrogen) atoms. The minimum Gasteiger partial charge on any atom is -0.280 e. The Labute approximate surface area is 136 Å². The van der Waals surface area contributed by atoms with Crippen LogP contribution in [-0.2, 0) is 16.4 Å². The van der Waals surface area contributed by atoms with Gasteiger partial charge in [0.2, 0.25) is 0 Å². The van der Waals surface area contributed by atoms with E-state index in [4.69, 9.17) is 0 Å². The van der Waals surface area contributed by atoms with Gasteiger partial charge in [0.15, 0.2) is 0 Å². The number of halogens is 1. The quantitative estimate of drug-likeness (QED) is 0.628. The van der Waals surface area contributed by atoms with Gasteiger partial charge < -0.3 is 0 Å². The third-order valence-corrected chi connectivity index (χ3v) is 5.02. The molecule has 0 spiro atoms. The zero-order valence-electron chi connectivity index (χ0n) is 11.6.